The van der Waals surface area contributed by atoms with E-state index in [0.717, 1.165) is 0 Å². The zero-order chi connectivity index (χ0) is 27.8. The summed E-state index contributed by atoms with van der Waals surface area (Å²) in [6.45, 7) is 7.21. The lowest BCUT2D eigenvalue weighted by molar-refractivity contribution is -0.479. The molecule has 3 aliphatic heterocycles. The summed E-state index contributed by atoms with van der Waals surface area (Å²) in [6.07, 6.45) is -0.454. The zero-order valence-electron chi connectivity index (χ0n) is 22.3. The maximum atomic E-state index is 13.4. The fourth-order valence-electron chi connectivity index (χ4n) is 11.6. The third kappa shape index (κ3) is 2.06. The molecule has 11 heteroatoms. The van der Waals surface area contributed by atoms with E-state index < -0.39 is 86.7 Å². The molecule has 7 fully saturated rings. The Balaban J connectivity index is 1.44. The van der Waals surface area contributed by atoms with Gasteiger partial charge in [0.1, 0.15) is 16.8 Å². The Morgan fingerprint density at radius 3 is 2.51 bits per heavy atom. The molecule has 39 heavy (non-hydrogen) atoms. The Morgan fingerprint density at radius 2 is 1.85 bits per heavy atom. The highest BCUT2D eigenvalue weighted by atomic mass is 16.9. The van der Waals surface area contributed by atoms with Crippen LogP contribution in [0.15, 0.2) is 23.0 Å². The Labute approximate surface area is 224 Å². The van der Waals surface area contributed by atoms with Gasteiger partial charge in [0.15, 0.2) is 11.7 Å². The summed E-state index contributed by atoms with van der Waals surface area (Å²) < 4.78 is 31.7. The zero-order valence-corrected chi connectivity index (χ0v) is 22.3. The Kier molecular flexibility index (Phi) is 4.06. The second-order valence-electron chi connectivity index (χ2n) is 14.0. The maximum absolute atomic E-state index is 13.4. The molecule has 0 aromatic carbocycles. The number of hydrogen-bond acceptors (Lipinski definition) is 10. The maximum Gasteiger partial charge on any atom is 0.306 e. The third-order valence-electron chi connectivity index (χ3n) is 12.8. The van der Waals surface area contributed by atoms with Crippen LogP contribution in [0.2, 0.25) is 0 Å². The van der Waals surface area contributed by atoms with Crippen molar-refractivity contribution in [1.82, 2.24) is 0 Å². The van der Waals surface area contributed by atoms with Crippen molar-refractivity contribution in [2.24, 2.45) is 28.1 Å². The molecule has 4 saturated carbocycles. The van der Waals surface area contributed by atoms with Crippen molar-refractivity contribution in [1.29, 1.82) is 0 Å². The standard InChI is InChI=1S/C28H34O11/c1-21(18(32)13-5-8-35-11-13)6-7-25-23(3)14(9-16(29)30)22(2)12-26(23)27(34,19(22)33)20-28(25,15(21)10-17(31)36-20)39-24(4,37-25)38-26/h5,8,11,14-15,18-20,32-34H,6-7,9-10,12H2,1-4H3,(H,29,30). The molecule has 13 unspecified atom stereocenters. The van der Waals surface area contributed by atoms with Gasteiger partial charge < -0.3 is 43.8 Å². The third-order valence-corrected chi connectivity index (χ3v) is 12.8. The molecular weight excluding hydrogens is 512 g/mol. The summed E-state index contributed by atoms with van der Waals surface area (Å²) in [5, 5.41) is 46.6. The largest absolute Gasteiger partial charge is 0.481 e. The minimum Gasteiger partial charge on any atom is -0.481 e. The fraction of sp³-hybridized carbons (Fsp3) is 0.786. The highest BCUT2D eigenvalue weighted by Gasteiger charge is 3.03. The molecule has 11 nitrogen and oxygen atoms in total. The van der Waals surface area contributed by atoms with E-state index >= 15 is 0 Å². The number of ether oxygens (including phenoxy) is 4. The SMILES string of the molecule is CC12OC34C5CC(=O)OC3C3(O)C(O)C6(C)CC3(O1)C(C)(C6CC(=O)O)C4(CCC5(C)C(O)c1ccoc1)O2. The normalized spacial score (nSPS) is 60.2. The number of aliphatic hydroxyl groups excluding tert-OH is 2. The van der Waals surface area contributed by atoms with Gasteiger partial charge in [-0.05, 0) is 31.2 Å². The molecule has 3 spiro atoms. The lowest BCUT2D eigenvalue weighted by atomic mass is 9.33. The molecule has 212 valence electrons. The molecule has 1 aromatic rings. The first kappa shape index (κ1) is 24.8. The first-order valence-corrected chi connectivity index (χ1v) is 13.7. The average molecular weight is 547 g/mol. The van der Waals surface area contributed by atoms with Crippen molar-refractivity contribution in [2.45, 2.75) is 106 Å². The van der Waals surface area contributed by atoms with Crippen molar-refractivity contribution in [3.8, 4) is 0 Å². The Morgan fingerprint density at radius 1 is 1.13 bits per heavy atom. The van der Waals surface area contributed by atoms with Crippen LogP contribution >= 0.6 is 0 Å². The molecule has 4 N–H and O–H groups in total. The quantitative estimate of drug-likeness (QED) is 0.406. The molecule has 13 atom stereocenters. The minimum atomic E-state index is -2.11. The van der Waals surface area contributed by atoms with E-state index in [-0.39, 0.29) is 19.3 Å². The van der Waals surface area contributed by atoms with E-state index in [9.17, 15) is 30.0 Å². The summed E-state index contributed by atoms with van der Waals surface area (Å²) in [5.41, 5.74) is -9.02. The van der Waals surface area contributed by atoms with Crippen molar-refractivity contribution < 1.29 is 53.4 Å². The number of esters is 1. The van der Waals surface area contributed by atoms with Gasteiger partial charge in [-0.15, -0.1) is 0 Å². The van der Waals surface area contributed by atoms with Crippen molar-refractivity contribution >= 4 is 11.9 Å². The highest BCUT2D eigenvalue weighted by Crippen LogP contribution is 2.89. The van der Waals surface area contributed by atoms with Gasteiger partial charge in [0.2, 0.25) is 0 Å². The number of carbonyl (C=O) groups is 2. The number of hydrogen-bond donors (Lipinski definition) is 4. The van der Waals surface area contributed by atoms with E-state index in [4.69, 9.17) is 23.4 Å². The molecule has 0 amide bonds. The van der Waals surface area contributed by atoms with Gasteiger partial charge in [0.05, 0.1) is 31.2 Å². The van der Waals surface area contributed by atoms with E-state index in [0.29, 0.717) is 18.4 Å². The molecule has 4 aliphatic carbocycles. The van der Waals surface area contributed by atoms with Gasteiger partial charge in [-0.1, -0.05) is 20.8 Å². The molecule has 4 heterocycles. The van der Waals surface area contributed by atoms with E-state index in [1.54, 1.807) is 19.9 Å². The molecule has 0 radical (unpaired) electrons. The lowest BCUT2D eigenvalue weighted by Gasteiger charge is -2.77. The monoisotopic (exact) mass is 546 g/mol. The van der Waals surface area contributed by atoms with Crippen molar-refractivity contribution in [3.63, 3.8) is 0 Å². The van der Waals surface area contributed by atoms with Crippen LogP contribution in [0.25, 0.3) is 0 Å². The van der Waals surface area contributed by atoms with E-state index in [1.807, 2.05) is 13.8 Å². The van der Waals surface area contributed by atoms with Crippen LogP contribution in [0.1, 0.15) is 71.5 Å². The van der Waals surface area contributed by atoms with Gasteiger partial charge in [-0.2, -0.15) is 0 Å². The van der Waals surface area contributed by atoms with Crippen LogP contribution in [0.3, 0.4) is 0 Å². The van der Waals surface area contributed by atoms with Crippen LogP contribution in [0.4, 0.5) is 0 Å². The number of rotatable bonds is 4. The first-order chi connectivity index (χ1) is 18.1. The summed E-state index contributed by atoms with van der Waals surface area (Å²) in [5.74, 6) is -4.64. The predicted molar refractivity (Wildman–Crippen MR) is 126 cm³/mol. The smallest absolute Gasteiger partial charge is 0.306 e. The number of carboxylic acids is 1. The molecule has 1 aromatic heterocycles. The van der Waals surface area contributed by atoms with E-state index in [2.05, 4.69) is 0 Å². The number of carbonyl (C=O) groups excluding carboxylic acids is 1. The molecule has 8 rings (SSSR count). The predicted octanol–water partition coefficient (Wildman–Crippen LogP) is 1.64. The number of furan rings is 1. The second-order valence-corrected chi connectivity index (χ2v) is 14.0. The summed E-state index contributed by atoms with van der Waals surface area (Å²) >= 11 is 0. The summed E-state index contributed by atoms with van der Waals surface area (Å²) in [6, 6.07) is 1.67. The van der Waals surface area contributed by atoms with Crippen LogP contribution in [-0.4, -0.2) is 73.0 Å². The number of carboxylic acid groups (broad SMARTS) is 1. The van der Waals surface area contributed by atoms with Gasteiger partial charge in [-0.25, -0.2) is 0 Å². The van der Waals surface area contributed by atoms with Crippen LogP contribution in [-0.2, 0) is 28.5 Å². The van der Waals surface area contributed by atoms with Crippen LogP contribution < -0.4 is 0 Å². The van der Waals surface area contributed by atoms with Crippen LogP contribution in [0.5, 0.6) is 0 Å². The lowest BCUT2D eigenvalue weighted by Crippen LogP contribution is -2.94. The number of aliphatic carboxylic acids is 1. The molecule has 7 aliphatic rings. The molecule has 3 saturated heterocycles. The Hall–Kier alpha value is -2.02. The summed E-state index contributed by atoms with van der Waals surface area (Å²) in [7, 11) is 0. The second kappa shape index (κ2) is 6.39. The molecule has 4 bridgehead atoms. The van der Waals surface area contributed by atoms with Crippen molar-refractivity contribution in [3.05, 3.63) is 24.2 Å². The molecular formula is C28H34O11. The van der Waals surface area contributed by atoms with Gasteiger partial charge in [-0.3, -0.25) is 9.59 Å². The van der Waals surface area contributed by atoms with Crippen molar-refractivity contribution in [2.75, 3.05) is 0 Å². The topological polar surface area (TPSA) is 165 Å². The van der Waals surface area contributed by atoms with Gasteiger partial charge >= 0.3 is 11.9 Å². The van der Waals surface area contributed by atoms with Gasteiger partial charge in [0.25, 0.3) is 5.97 Å². The average Bonchev–Trinajstić information content (AvgIpc) is 3.55. The fourth-order valence-corrected chi connectivity index (χ4v) is 11.6. The highest BCUT2D eigenvalue weighted by molar-refractivity contribution is 5.74. The first-order valence-electron chi connectivity index (χ1n) is 13.7. The van der Waals surface area contributed by atoms with Crippen LogP contribution in [0, 0.1) is 28.1 Å². The van der Waals surface area contributed by atoms with Gasteiger partial charge in [0, 0.05) is 41.1 Å². The minimum absolute atomic E-state index is 0.126. The number of aliphatic hydroxyl groups is 3. The Bertz CT molecular complexity index is 1330. The van der Waals surface area contributed by atoms with E-state index in [1.165, 1.54) is 12.5 Å². The summed E-state index contributed by atoms with van der Waals surface area (Å²) in [4.78, 5) is 25.7. The number of fused-ring (bicyclic) bond motifs is 3.